The summed E-state index contributed by atoms with van der Waals surface area (Å²) in [7, 11) is 0. The maximum atomic E-state index is 12.0. The molecule has 7 aliphatic heterocycles. The smallest absolute Gasteiger partial charge is 0.187 e. The quantitative estimate of drug-likeness (QED) is 0.0799. The van der Waals surface area contributed by atoms with E-state index >= 15 is 0 Å². The summed E-state index contributed by atoms with van der Waals surface area (Å²) in [5.41, 5.74) is 0.243. The fourth-order valence-corrected chi connectivity index (χ4v) is 17.3. The molecule has 1 spiro atoms. The van der Waals surface area contributed by atoms with Crippen LogP contribution in [0.2, 0.25) is 0 Å². The molecule has 26 heteroatoms. The van der Waals surface area contributed by atoms with Gasteiger partial charge in [0, 0.05) is 12.3 Å². The molecule has 4 aliphatic carbocycles. The third-order valence-electron chi connectivity index (χ3n) is 22.1. The van der Waals surface area contributed by atoms with Crippen molar-refractivity contribution in [3.8, 4) is 0 Å². The van der Waals surface area contributed by atoms with Crippen LogP contribution in [0.1, 0.15) is 98.8 Å². The molecular weight excluding hydrogens is 1090 g/mol. The molecule has 11 fully saturated rings. The van der Waals surface area contributed by atoms with E-state index in [1.165, 1.54) is 6.92 Å². The summed E-state index contributed by atoms with van der Waals surface area (Å²) in [4.78, 5) is 0. The molecule has 7 saturated heterocycles. The molecular formula is C56H92O26. The highest BCUT2D eigenvalue weighted by Crippen LogP contribution is 2.71. The van der Waals surface area contributed by atoms with Gasteiger partial charge >= 0.3 is 0 Å². The van der Waals surface area contributed by atoms with Gasteiger partial charge in [0.15, 0.2) is 37.2 Å². The molecule has 14 N–H and O–H groups in total. The highest BCUT2D eigenvalue weighted by atomic mass is 16.8. The second-order valence-corrected chi connectivity index (χ2v) is 26.7. The van der Waals surface area contributed by atoms with E-state index < -0.39 is 180 Å². The van der Waals surface area contributed by atoms with Crippen molar-refractivity contribution < 1.29 is 128 Å². The lowest BCUT2D eigenvalue weighted by Crippen LogP contribution is -2.68. The Morgan fingerprint density at radius 2 is 1.06 bits per heavy atom. The third-order valence-corrected chi connectivity index (χ3v) is 22.1. The van der Waals surface area contributed by atoms with Crippen molar-refractivity contribution in [3.05, 3.63) is 0 Å². The molecule has 0 aromatic carbocycles. The van der Waals surface area contributed by atoms with Crippen LogP contribution in [-0.4, -0.2) is 270 Å². The van der Waals surface area contributed by atoms with E-state index in [9.17, 15) is 71.5 Å². The molecule has 11 rings (SSSR count). The highest BCUT2D eigenvalue weighted by molar-refractivity contribution is 5.16. The number of aliphatic hydroxyl groups is 14. The van der Waals surface area contributed by atoms with E-state index in [4.69, 9.17) is 56.8 Å². The van der Waals surface area contributed by atoms with Gasteiger partial charge in [-0.1, -0.05) is 27.7 Å². The first-order valence-electron chi connectivity index (χ1n) is 30.1. The lowest BCUT2D eigenvalue weighted by Gasteiger charge is -2.61. The topological polar surface area (TPSA) is 394 Å². The van der Waals surface area contributed by atoms with E-state index in [2.05, 4.69) is 27.7 Å². The summed E-state index contributed by atoms with van der Waals surface area (Å²) < 4.78 is 73.5. The molecule has 36 atom stereocenters. The summed E-state index contributed by atoms with van der Waals surface area (Å²) in [5.74, 6) is 2.90. The van der Waals surface area contributed by atoms with Crippen LogP contribution in [0.3, 0.4) is 0 Å². The summed E-state index contributed by atoms with van der Waals surface area (Å²) in [5, 5.41) is 153. The third kappa shape index (κ3) is 10.9. The highest BCUT2D eigenvalue weighted by Gasteiger charge is 2.69. The number of rotatable bonds is 13. The first-order valence-corrected chi connectivity index (χ1v) is 30.1. The summed E-state index contributed by atoms with van der Waals surface area (Å²) in [6.45, 7) is 8.58. The monoisotopic (exact) mass is 1180 g/mol. The van der Waals surface area contributed by atoms with Crippen LogP contribution in [0.15, 0.2) is 0 Å². The van der Waals surface area contributed by atoms with Crippen LogP contribution in [0.5, 0.6) is 0 Å². The Morgan fingerprint density at radius 1 is 0.463 bits per heavy atom. The van der Waals surface area contributed by atoms with E-state index in [0.29, 0.717) is 54.3 Å². The fraction of sp³-hybridized carbons (Fsp3) is 1.00. The van der Waals surface area contributed by atoms with Crippen LogP contribution in [0.25, 0.3) is 0 Å². The predicted octanol–water partition coefficient (Wildman–Crippen LogP) is -3.42. The van der Waals surface area contributed by atoms with E-state index in [0.717, 1.165) is 58.0 Å². The average molecular weight is 1180 g/mol. The molecule has 0 aromatic rings. The Bertz CT molecular complexity index is 2120. The predicted molar refractivity (Wildman–Crippen MR) is 273 cm³/mol. The molecule has 11 aliphatic rings. The van der Waals surface area contributed by atoms with Gasteiger partial charge in [-0.15, -0.1) is 0 Å². The van der Waals surface area contributed by atoms with Crippen molar-refractivity contribution in [2.75, 3.05) is 33.0 Å². The van der Waals surface area contributed by atoms with Crippen LogP contribution in [-0.2, 0) is 56.8 Å². The van der Waals surface area contributed by atoms with E-state index in [1.54, 1.807) is 0 Å². The normalized spacial score (nSPS) is 57.9. The molecule has 0 radical (unpaired) electrons. The minimum absolute atomic E-state index is 0.0631. The summed E-state index contributed by atoms with van der Waals surface area (Å²) in [6.07, 6.45) is -32.0. The second-order valence-electron chi connectivity index (χ2n) is 26.7. The van der Waals surface area contributed by atoms with Gasteiger partial charge in [0.05, 0.1) is 51.3 Å². The number of ether oxygens (including phenoxy) is 12. The Kier molecular flexibility index (Phi) is 18.6. The largest absolute Gasteiger partial charge is 0.394 e. The molecule has 0 unspecified atom stereocenters. The Morgan fingerprint density at radius 3 is 1.76 bits per heavy atom. The van der Waals surface area contributed by atoms with Crippen molar-refractivity contribution in [3.63, 3.8) is 0 Å². The fourth-order valence-electron chi connectivity index (χ4n) is 17.3. The van der Waals surface area contributed by atoms with Gasteiger partial charge < -0.3 is 128 Å². The van der Waals surface area contributed by atoms with Crippen molar-refractivity contribution in [2.45, 2.75) is 264 Å². The lowest BCUT2D eigenvalue weighted by atomic mass is 9.44. The summed E-state index contributed by atoms with van der Waals surface area (Å²) >= 11 is 0. The van der Waals surface area contributed by atoms with Crippen LogP contribution in [0, 0.1) is 52.3 Å². The van der Waals surface area contributed by atoms with Gasteiger partial charge in [-0.25, -0.2) is 0 Å². The van der Waals surface area contributed by atoms with E-state index in [-0.39, 0.29) is 23.0 Å². The number of fused-ring (bicyclic) bond motifs is 7. The maximum Gasteiger partial charge on any atom is 0.187 e. The molecule has 472 valence electrons. The van der Waals surface area contributed by atoms with Crippen molar-refractivity contribution in [1.29, 1.82) is 0 Å². The zero-order valence-corrected chi connectivity index (χ0v) is 47.3. The number of hydrogen-bond acceptors (Lipinski definition) is 26. The van der Waals surface area contributed by atoms with E-state index in [1.807, 2.05) is 0 Å². The zero-order valence-electron chi connectivity index (χ0n) is 47.3. The first kappa shape index (κ1) is 62.6. The lowest BCUT2D eigenvalue weighted by molar-refractivity contribution is -0.405. The second kappa shape index (κ2) is 24.4. The van der Waals surface area contributed by atoms with Gasteiger partial charge in [0.1, 0.15) is 110 Å². The first-order chi connectivity index (χ1) is 39.0. The van der Waals surface area contributed by atoms with Gasteiger partial charge in [-0.05, 0) is 111 Å². The SMILES string of the molecule is C[C@@H]1CC[C@@]2(OC1)O[C@H]1C[C@H]3[C@@H]4CC[C@H]5C[C@@H](O[C@@H]6O[C@H](CO)[C@H](O[C@@H]7O[C@H](CO)[C@@H](O)[C@H](O[C@@H]8O[C@H](CO)[C@@H](O)[C@H](O)[C@H]8O)[C@H]7O[C@@H]7OC[C@@H](O[C@@H]8O[C@@H](C)[C@H](O)[C@@H](O)[C@H]8O)[C@H](O)[C@H]7O)[C@H](O)[C@H]6O)CC[C@]5(C)[C@H]4CC[C@]3(C)[C@H]1[C@@H]2C. The van der Waals surface area contributed by atoms with Crippen molar-refractivity contribution in [2.24, 2.45) is 52.3 Å². The Labute approximate surface area is 476 Å². The average Bonchev–Trinajstić information content (AvgIpc) is 1.57. The standard InChI is InChI=1S/C56H92O26/c1-21-8-13-56(72-19-21)22(2)34-29(82-56)15-28-26-7-6-24-14-25(9-11-54(24,4)27(26)10-12-55(28,34)5)74-51-45(70)41(66)46(32(18-59)77-51)79-53-48(47(38(63)31(17-58)76-53)80-52-44(69)40(65)36(61)30(16-57)75-52)81-49-42(67)37(62)33(20-71-49)78-50-43(68)39(64)35(60)23(3)73-50/h21-53,57-70H,6-20H2,1-5H3/t21-,22+,23+,24+,25+,26-,27+,28+,29+,30-,31-,32-,33-,34+,35+,36-,37+,38-,39-,40+,41-,42-,43-,44-,45-,46+,47+,48-,49+,50+,51-,52+,53+,54+,55+,56-/m1/s1. The maximum absolute atomic E-state index is 12.0. The molecule has 0 bridgehead atoms. The minimum atomic E-state index is -2.05. The minimum Gasteiger partial charge on any atom is -0.394 e. The van der Waals surface area contributed by atoms with Gasteiger partial charge in [0.2, 0.25) is 0 Å². The molecule has 0 amide bonds. The van der Waals surface area contributed by atoms with Crippen LogP contribution in [0.4, 0.5) is 0 Å². The van der Waals surface area contributed by atoms with Crippen LogP contribution < -0.4 is 0 Å². The molecule has 26 nitrogen and oxygen atoms in total. The van der Waals surface area contributed by atoms with Crippen molar-refractivity contribution >= 4 is 0 Å². The number of aliphatic hydroxyl groups excluding tert-OH is 14. The van der Waals surface area contributed by atoms with Crippen LogP contribution >= 0.6 is 0 Å². The van der Waals surface area contributed by atoms with Gasteiger partial charge in [-0.3, -0.25) is 0 Å². The molecule has 82 heavy (non-hydrogen) atoms. The number of hydrogen-bond donors (Lipinski definition) is 14. The Balaban J connectivity index is 0.767. The summed E-state index contributed by atoms with van der Waals surface area (Å²) in [6, 6.07) is 0. The molecule has 7 heterocycles. The zero-order chi connectivity index (χ0) is 58.6. The Hall–Kier alpha value is -1.04. The van der Waals surface area contributed by atoms with Gasteiger partial charge in [-0.2, -0.15) is 0 Å². The van der Waals surface area contributed by atoms with Gasteiger partial charge in [0.25, 0.3) is 0 Å². The molecule has 0 aromatic heterocycles. The van der Waals surface area contributed by atoms with Crippen molar-refractivity contribution in [1.82, 2.24) is 0 Å². The molecule has 4 saturated carbocycles.